The third kappa shape index (κ3) is 13.7. The molecule has 0 heterocycles. The van der Waals surface area contributed by atoms with Crippen LogP contribution in [-0.2, 0) is 42.6 Å². The van der Waals surface area contributed by atoms with E-state index in [9.17, 15) is 29.8 Å². The normalized spacial score (nSPS) is 12.5. The van der Waals surface area contributed by atoms with Crippen LogP contribution in [0.5, 0.6) is 0 Å². The fourth-order valence-corrected chi connectivity index (χ4v) is 13.0. The Labute approximate surface area is 340 Å². The molecule has 11 heteroatoms. The summed E-state index contributed by atoms with van der Waals surface area (Å²) in [5.41, 5.74) is 7.36. The van der Waals surface area contributed by atoms with E-state index in [4.69, 9.17) is 5.73 Å². The lowest BCUT2D eigenvalue weighted by Crippen LogP contribution is -2.21. The summed E-state index contributed by atoms with van der Waals surface area (Å²) in [6.07, 6.45) is 23.1. The Morgan fingerprint density at radius 1 is 0.500 bits per heavy atom. The smallest absolute Gasteiger partial charge is 0.295 e. The molecule has 0 radical (unpaired) electrons. The van der Waals surface area contributed by atoms with Gasteiger partial charge in [-0.15, -0.1) is 0 Å². The molecular formula is C45H69NO7S3. The standard InChI is InChI=1S/C45H69NO7S3/c1-5-7-9-11-13-15-17-19-21-23-29-37-31-25-27-33-40(37)54(47,48)44-42(56(51,52)53)35-39(36(3)4)43(46)45(44)55(49,50)41-34-28-26-32-38(41)30-24-22-20-18-16-14-12-10-8-6-2/h25-28,31-36H,5-24,29-30,46H2,1-4H3,(H,51,52,53). The Morgan fingerprint density at radius 2 is 0.839 bits per heavy atom. The summed E-state index contributed by atoms with van der Waals surface area (Å²) in [6, 6.07) is 13.7. The number of aryl methyl sites for hydroxylation is 2. The number of unbranched alkanes of at least 4 members (excludes halogenated alkanes) is 18. The molecule has 0 saturated carbocycles. The summed E-state index contributed by atoms with van der Waals surface area (Å²) >= 11 is 0. The Kier molecular flexibility index (Phi) is 20.1. The molecule has 0 aromatic heterocycles. The van der Waals surface area contributed by atoms with E-state index in [2.05, 4.69) is 13.8 Å². The molecule has 3 aromatic rings. The van der Waals surface area contributed by atoms with Crippen LogP contribution < -0.4 is 5.73 Å². The Balaban J connectivity index is 2.00. The minimum Gasteiger partial charge on any atom is -0.397 e. The van der Waals surface area contributed by atoms with Gasteiger partial charge < -0.3 is 5.73 Å². The second-order valence-corrected chi connectivity index (χ2v) is 20.9. The first kappa shape index (κ1) is 47.6. The van der Waals surface area contributed by atoms with Crippen molar-refractivity contribution < 1.29 is 29.8 Å². The van der Waals surface area contributed by atoms with Crippen molar-refractivity contribution in [2.75, 3.05) is 5.73 Å². The molecule has 0 aliphatic heterocycles. The zero-order valence-corrected chi connectivity index (χ0v) is 37.0. The first-order chi connectivity index (χ1) is 26.7. The first-order valence-electron chi connectivity index (χ1n) is 21.3. The van der Waals surface area contributed by atoms with Crippen LogP contribution >= 0.6 is 0 Å². The van der Waals surface area contributed by atoms with Crippen LogP contribution in [-0.4, -0.2) is 29.8 Å². The zero-order valence-electron chi connectivity index (χ0n) is 34.5. The van der Waals surface area contributed by atoms with E-state index < -0.39 is 50.4 Å². The number of benzene rings is 3. The zero-order chi connectivity index (χ0) is 41.2. The number of rotatable bonds is 28. The van der Waals surface area contributed by atoms with Crippen LogP contribution in [0, 0.1) is 0 Å². The number of nitrogens with two attached hydrogens (primary N) is 1. The molecule has 0 bridgehead atoms. The third-order valence-electron chi connectivity index (χ3n) is 10.8. The summed E-state index contributed by atoms with van der Waals surface area (Å²) in [5.74, 6) is -0.494. The van der Waals surface area contributed by atoms with Crippen molar-refractivity contribution in [3.8, 4) is 0 Å². The van der Waals surface area contributed by atoms with Gasteiger partial charge in [0.05, 0.1) is 15.5 Å². The average molecular weight is 832 g/mol. The van der Waals surface area contributed by atoms with Crippen LogP contribution in [0.4, 0.5) is 5.69 Å². The number of hydrogen-bond acceptors (Lipinski definition) is 7. The maximum absolute atomic E-state index is 14.9. The summed E-state index contributed by atoms with van der Waals surface area (Å²) in [4.78, 5) is -3.13. The lowest BCUT2D eigenvalue weighted by atomic mass is 10.0. The lowest BCUT2D eigenvalue weighted by Gasteiger charge is -2.22. The van der Waals surface area contributed by atoms with Gasteiger partial charge in [0.2, 0.25) is 19.7 Å². The van der Waals surface area contributed by atoms with Gasteiger partial charge in [0.25, 0.3) is 10.1 Å². The molecule has 3 aromatic carbocycles. The molecule has 0 spiro atoms. The lowest BCUT2D eigenvalue weighted by molar-refractivity contribution is 0.478. The molecule has 0 fully saturated rings. The Morgan fingerprint density at radius 3 is 1.20 bits per heavy atom. The van der Waals surface area contributed by atoms with Crippen molar-refractivity contribution in [3.05, 3.63) is 71.3 Å². The molecule has 0 aliphatic rings. The maximum Gasteiger partial charge on any atom is 0.295 e. The van der Waals surface area contributed by atoms with Gasteiger partial charge in [0, 0.05) is 0 Å². The minimum atomic E-state index is -5.25. The fraction of sp³-hybridized carbons (Fsp3) is 0.600. The number of hydrogen-bond donors (Lipinski definition) is 2. The molecular weight excluding hydrogens is 763 g/mol. The molecule has 0 aliphatic carbocycles. The van der Waals surface area contributed by atoms with E-state index >= 15 is 0 Å². The second kappa shape index (κ2) is 23.6. The number of anilines is 1. The summed E-state index contributed by atoms with van der Waals surface area (Å²) in [7, 11) is -14.9. The summed E-state index contributed by atoms with van der Waals surface area (Å²) < 4.78 is 96.5. The van der Waals surface area contributed by atoms with Crippen LogP contribution in [0.2, 0.25) is 0 Å². The molecule has 0 saturated heterocycles. The SMILES string of the molecule is CCCCCCCCCCCCc1ccccc1S(=O)(=O)c1c(S(=O)(=O)O)cc(C(C)C)c(N)c1S(=O)(=O)c1ccccc1CCCCCCCCCCCC. The van der Waals surface area contributed by atoms with E-state index in [0.717, 1.165) is 51.0 Å². The van der Waals surface area contributed by atoms with Gasteiger partial charge in [-0.3, -0.25) is 4.55 Å². The van der Waals surface area contributed by atoms with Crippen molar-refractivity contribution in [2.45, 2.75) is 199 Å². The predicted octanol–water partition coefficient (Wildman–Crippen LogP) is 12.2. The second-order valence-electron chi connectivity index (χ2n) is 15.8. The van der Waals surface area contributed by atoms with Crippen molar-refractivity contribution in [3.63, 3.8) is 0 Å². The molecule has 56 heavy (non-hydrogen) atoms. The van der Waals surface area contributed by atoms with Crippen molar-refractivity contribution >= 4 is 35.5 Å². The monoisotopic (exact) mass is 831 g/mol. The first-order valence-corrected chi connectivity index (χ1v) is 25.7. The van der Waals surface area contributed by atoms with Crippen molar-refractivity contribution in [2.24, 2.45) is 0 Å². The largest absolute Gasteiger partial charge is 0.397 e. The van der Waals surface area contributed by atoms with Gasteiger partial charge in [-0.05, 0) is 66.5 Å². The van der Waals surface area contributed by atoms with Gasteiger partial charge in [-0.2, -0.15) is 8.42 Å². The number of sulfone groups is 2. The summed E-state index contributed by atoms with van der Waals surface area (Å²) in [6.45, 7) is 7.81. The van der Waals surface area contributed by atoms with Crippen LogP contribution in [0.3, 0.4) is 0 Å². The summed E-state index contributed by atoms with van der Waals surface area (Å²) in [5, 5.41) is 0. The minimum absolute atomic E-state index is 0.112. The van der Waals surface area contributed by atoms with Gasteiger partial charge in [0.15, 0.2) is 0 Å². The molecule has 0 amide bonds. The highest BCUT2D eigenvalue weighted by Crippen LogP contribution is 2.44. The average Bonchev–Trinajstić information content (AvgIpc) is 3.15. The van der Waals surface area contributed by atoms with Gasteiger partial charge in [0.1, 0.15) is 14.7 Å². The highest BCUT2D eigenvalue weighted by Gasteiger charge is 2.40. The van der Waals surface area contributed by atoms with E-state index in [-0.39, 0.29) is 21.0 Å². The molecule has 3 rings (SSSR count). The molecule has 3 N–H and O–H groups in total. The van der Waals surface area contributed by atoms with E-state index in [1.165, 1.54) is 95.2 Å². The van der Waals surface area contributed by atoms with Gasteiger partial charge >= 0.3 is 0 Å². The Hall–Kier alpha value is -2.73. The van der Waals surface area contributed by atoms with E-state index in [1.807, 2.05) is 0 Å². The quantitative estimate of drug-likeness (QED) is 0.0417. The fourth-order valence-electron chi connectivity index (χ4n) is 7.61. The predicted molar refractivity (Wildman–Crippen MR) is 230 cm³/mol. The van der Waals surface area contributed by atoms with Crippen molar-refractivity contribution in [1.29, 1.82) is 0 Å². The highest BCUT2D eigenvalue weighted by atomic mass is 32.2. The van der Waals surface area contributed by atoms with Crippen LogP contribution in [0.15, 0.2) is 79.1 Å². The number of nitrogen functional groups attached to an aromatic ring is 1. The van der Waals surface area contributed by atoms with Crippen LogP contribution in [0.1, 0.15) is 179 Å². The highest BCUT2D eigenvalue weighted by molar-refractivity contribution is 7.95. The molecule has 0 unspecified atom stereocenters. The van der Waals surface area contributed by atoms with Gasteiger partial charge in [-0.1, -0.05) is 180 Å². The van der Waals surface area contributed by atoms with E-state index in [1.54, 1.807) is 44.2 Å². The molecule has 8 nitrogen and oxygen atoms in total. The topological polar surface area (TPSA) is 149 Å². The molecule has 314 valence electrons. The maximum atomic E-state index is 14.9. The van der Waals surface area contributed by atoms with Crippen molar-refractivity contribution in [1.82, 2.24) is 0 Å². The Bertz CT molecular complexity index is 1990. The van der Waals surface area contributed by atoms with E-state index in [0.29, 0.717) is 30.4 Å². The third-order valence-corrected chi connectivity index (χ3v) is 15.8. The van der Waals surface area contributed by atoms with Gasteiger partial charge in [-0.25, -0.2) is 16.8 Å². The van der Waals surface area contributed by atoms with Crippen LogP contribution in [0.25, 0.3) is 0 Å². The molecule has 0 atom stereocenters.